The van der Waals surface area contributed by atoms with Gasteiger partial charge in [0.05, 0.1) is 28.9 Å². The molecule has 31 heavy (non-hydrogen) atoms. The second-order valence-corrected chi connectivity index (χ2v) is 7.84. The van der Waals surface area contributed by atoms with Gasteiger partial charge in [0.1, 0.15) is 0 Å². The molecule has 2 aliphatic rings. The average molecular weight is 429 g/mol. The van der Waals surface area contributed by atoms with Gasteiger partial charge in [0, 0.05) is 37.6 Å². The molecule has 2 aromatic heterocycles. The van der Waals surface area contributed by atoms with Crippen LogP contribution in [-0.4, -0.2) is 51.4 Å². The summed E-state index contributed by atoms with van der Waals surface area (Å²) in [7, 11) is 0. The van der Waals surface area contributed by atoms with Gasteiger partial charge < -0.3 is 21.5 Å². The number of amides is 2. The first-order valence-electron chi connectivity index (χ1n) is 10.3. The highest BCUT2D eigenvalue weighted by atomic mass is 16.7. The van der Waals surface area contributed by atoms with Gasteiger partial charge in [-0.05, 0) is 32.8 Å². The first-order chi connectivity index (χ1) is 14.8. The number of carbonyl (C=O) groups is 2. The van der Waals surface area contributed by atoms with Gasteiger partial charge in [-0.15, -0.1) is 0 Å². The highest BCUT2D eigenvalue weighted by Gasteiger charge is 2.43. The number of nitrogens with one attached hydrogen (secondary N) is 2. The van der Waals surface area contributed by atoms with E-state index in [9.17, 15) is 9.59 Å². The van der Waals surface area contributed by atoms with E-state index in [2.05, 4.69) is 20.9 Å². The number of ether oxygens (including phenoxy) is 1. The van der Waals surface area contributed by atoms with Crippen LogP contribution in [0.25, 0.3) is 16.7 Å². The number of hydrogen-bond donors (Lipinski definition) is 4. The maximum Gasteiger partial charge on any atom is 0.257 e. The quantitative estimate of drug-likeness (QED) is 0.490. The average Bonchev–Trinajstić information content (AvgIpc) is 3.31. The highest BCUT2D eigenvalue weighted by Crippen LogP contribution is 2.37. The first-order valence-corrected chi connectivity index (χ1v) is 10.3. The fourth-order valence-corrected chi connectivity index (χ4v) is 4.06. The third kappa shape index (κ3) is 3.81. The van der Waals surface area contributed by atoms with Gasteiger partial charge >= 0.3 is 0 Å². The fraction of sp³-hybridized carbons (Fsp3) is 0.500. The summed E-state index contributed by atoms with van der Waals surface area (Å²) in [6.07, 6.45) is 4.54. The van der Waals surface area contributed by atoms with E-state index in [0.29, 0.717) is 31.0 Å². The molecule has 2 aromatic rings. The molecule has 4 heterocycles. The molecule has 0 bridgehead atoms. The van der Waals surface area contributed by atoms with Crippen LogP contribution in [0.15, 0.2) is 12.3 Å². The van der Waals surface area contributed by atoms with E-state index < -0.39 is 17.4 Å². The minimum atomic E-state index is -1.66. The Balaban J connectivity index is 1.84. The van der Waals surface area contributed by atoms with Crippen LogP contribution in [0.3, 0.4) is 0 Å². The van der Waals surface area contributed by atoms with Crippen LogP contribution in [0.2, 0.25) is 0 Å². The number of carbonyl (C=O) groups excluding carboxylic acids is 2. The van der Waals surface area contributed by atoms with Crippen molar-refractivity contribution in [2.24, 2.45) is 11.5 Å². The van der Waals surface area contributed by atoms with Crippen LogP contribution < -0.4 is 22.3 Å². The topological polar surface area (TPSA) is 159 Å². The zero-order valence-electron chi connectivity index (χ0n) is 17.6. The fourth-order valence-electron chi connectivity index (χ4n) is 4.06. The summed E-state index contributed by atoms with van der Waals surface area (Å²) < 4.78 is 7.33. The molecule has 0 saturated carbocycles. The molecule has 11 heteroatoms. The highest BCUT2D eigenvalue weighted by molar-refractivity contribution is 6.00. The largest absolute Gasteiger partial charge is 0.381 e. The summed E-state index contributed by atoms with van der Waals surface area (Å²) in [5.41, 5.74) is 15.5. The Morgan fingerprint density at radius 2 is 2.10 bits per heavy atom. The predicted octanol–water partition coefficient (Wildman–Crippen LogP) is 0.326. The number of aromatic nitrogens is 3. The normalized spacial score (nSPS) is 21.7. The maximum atomic E-state index is 12.1. The monoisotopic (exact) mass is 429 g/mol. The molecule has 4 rings (SSSR count). The van der Waals surface area contributed by atoms with Crippen molar-refractivity contribution in [3.05, 3.63) is 23.5 Å². The molecule has 11 nitrogen and oxygen atoms in total. The van der Waals surface area contributed by atoms with Crippen molar-refractivity contribution in [2.75, 3.05) is 18.5 Å². The van der Waals surface area contributed by atoms with E-state index in [1.165, 1.54) is 6.08 Å². The Hall–Kier alpha value is -3.18. The summed E-state index contributed by atoms with van der Waals surface area (Å²) in [6, 6.07) is 0.205. The Morgan fingerprint density at radius 3 is 2.74 bits per heavy atom. The van der Waals surface area contributed by atoms with Gasteiger partial charge in [-0.1, -0.05) is 0 Å². The zero-order valence-corrected chi connectivity index (χ0v) is 17.6. The molecule has 0 aromatic carbocycles. The van der Waals surface area contributed by atoms with Crippen LogP contribution in [0.5, 0.6) is 0 Å². The summed E-state index contributed by atoms with van der Waals surface area (Å²) in [4.78, 5) is 33.7. The van der Waals surface area contributed by atoms with Gasteiger partial charge in [-0.25, -0.2) is 9.67 Å². The third-order valence-electron chi connectivity index (χ3n) is 5.67. The van der Waals surface area contributed by atoms with Gasteiger partial charge in [0.25, 0.3) is 5.91 Å². The smallest absolute Gasteiger partial charge is 0.257 e. The van der Waals surface area contributed by atoms with Crippen molar-refractivity contribution in [1.29, 1.82) is 0 Å². The number of hydrogen-bond acceptors (Lipinski definition) is 8. The molecule has 1 fully saturated rings. The van der Waals surface area contributed by atoms with Crippen molar-refractivity contribution in [1.82, 2.24) is 20.2 Å². The summed E-state index contributed by atoms with van der Waals surface area (Å²) in [5.74, 6) is -1.51. The number of rotatable bonds is 7. The first kappa shape index (κ1) is 21.1. The molecule has 1 atom stereocenters. The number of anilines is 1. The van der Waals surface area contributed by atoms with E-state index in [1.807, 2.05) is 18.5 Å². The number of nitrogens with zero attached hydrogens (tertiary/aromatic N) is 3. The van der Waals surface area contributed by atoms with Crippen molar-refractivity contribution < 1.29 is 19.2 Å². The Kier molecular flexibility index (Phi) is 5.54. The van der Waals surface area contributed by atoms with E-state index in [1.54, 1.807) is 6.20 Å². The Bertz CT molecular complexity index is 1060. The molecule has 2 aliphatic heterocycles. The van der Waals surface area contributed by atoms with Crippen molar-refractivity contribution in [3.8, 4) is 0 Å². The molecule has 2 amide bonds. The minimum absolute atomic E-state index is 0.205. The minimum Gasteiger partial charge on any atom is -0.381 e. The van der Waals surface area contributed by atoms with Gasteiger partial charge in [-0.2, -0.15) is 5.10 Å². The Morgan fingerprint density at radius 1 is 1.35 bits per heavy atom. The Labute approximate surface area is 179 Å². The number of aryl methyl sites for hydroxylation is 2. The van der Waals surface area contributed by atoms with Crippen molar-refractivity contribution in [3.63, 3.8) is 0 Å². The molecular formula is C20H27N7O4. The number of primary amides is 2. The summed E-state index contributed by atoms with van der Waals surface area (Å²) in [6.45, 7) is 5.99. The summed E-state index contributed by atoms with van der Waals surface area (Å²) in [5, 5.41) is 9.13. The second kappa shape index (κ2) is 8.16. The molecule has 0 aliphatic carbocycles. The number of nitrogens with two attached hydrogens (primary N) is 2. The van der Waals surface area contributed by atoms with E-state index in [0.717, 1.165) is 35.3 Å². The van der Waals surface area contributed by atoms with Crippen LogP contribution >= 0.6 is 0 Å². The van der Waals surface area contributed by atoms with Crippen LogP contribution in [-0.2, 0) is 25.7 Å². The lowest BCUT2D eigenvalue weighted by atomic mass is 9.95. The van der Waals surface area contributed by atoms with E-state index >= 15 is 0 Å². The molecule has 1 unspecified atom stereocenters. The SMILES string of the molecule is CCn1nc(C)c2c(NC3CCOCC3)c(C3=CC(CC(N)=O)(C(N)=O)ON3)cnc21. The summed E-state index contributed by atoms with van der Waals surface area (Å²) >= 11 is 0. The standard InChI is InChI=1S/C20H27N7O4/c1-3-27-18-16(11(2)25-27)17(24-12-4-6-30-7-5-12)13(10-23-18)14-8-20(19(22)29,31-26-14)9-15(21)28/h8,10,12,26H,3-7,9H2,1-2H3,(H2,21,28)(H2,22,29)(H,23,24). The maximum absolute atomic E-state index is 12.1. The van der Waals surface area contributed by atoms with Gasteiger partial charge in [-0.3, -0.25) is 19.9 Å². The zero-order chi connectivity index (χ0) is 22.2. The number of fused-ring (bicyclic) bond motifs is 1. The van der Waals surface area contributed by atoms with Crippen molar-refractivity contribution >= 4 is 34.2 Å². The molecule has 166 valence electrons. The molecule has 6 N–H and O–H groups in total. The lowest BCUT2D eigenvalue weighted by Gasteiger charge is -2.26. The van der Waals surface area contributed by atoms with E-state index in [-0.39, 0.29) is 12.5 Å². The molecule has 1 saturated heterocycles. The molecule has 0 radical (unpaired) electrons. The number of pyridine rings is 1. The second-order valence-electron chi connectivity index (χ2n) is 7.84. The molecular weight excluding hydrogens is 402 g/mol. The number of hydroxylamine groups is 1. The van der Waals surface area contributed by atoms with Crippen LogP contribution in [0.4, 0.5) is 5.69 Å². The van der Waals surface area contributed by atoms with Gasteiger partial charge in [0.15, 0.2) is 5.65 Å². The van der Waals surface area contributed by atoms with Crippen LogP contribution in [0, 0.1) is 6.92 Å². The van der Waals surface area contributed by atoms with Gasteiger partial charge in [0.2, 0.25) is 11.5 Å². The van der Waals surface area contributed by atoms with E-state index in [4.69, 9.17) is 21.0 Å². The lowest BCUT2D eigenvalue weighted by molar-refractivity contribution is -0.145. The lowest BCUT2D eigenvalue weighted by Crippen LogP contribution is -2.46. The van der Waals surface area contributed by atoms with Crippen molar-refractivity contribution in [2.45, 2.75) is 51.3 Å². The predicted molar refractivity (Wildman–Crippen MR) is 113 cm³/mol. The third-order valence-corrected chi connectivity index (χ3v) is 5.67. The van der Waals surface area contributed by atoms with Crippen LogP contribution in [0.1, 0.15) is 37.4 Å². The molecule has 0 spiro atoms.